The van der Waals surface area contributed by atoms with E-state index in [-0.39, 0.29) is 5.78 Å². The summed E-state index contributed by atoms with van der Waals surface area (Å²) in [6.45, 7) is 0. The van der Waals surface area contributed by atoms with Gasteiger partial charge in [0.1, 0.15) is 0 Å². The number of hydrogen-bond donors (Lipinski definition) is 0. The molecule has 0 radical (unpaired) electrons. The molecule has 0 unspecified atom stereocenters. The lowest BCUT2D eigenvalue weighted by Gasteiger charge is -2.16. The standard InChI is InChI=1S/C20H16N6O/c21-25-23-18-8-4-14(5-9-18)12-16-2-1-3-17(20(16)27)13-15-6-10-19(11-7-15)24-26-22/h4-13H,1-3H2/b16-12-,17-13+. The van der Waals surface area contributed by atoms with Gasteiger partial charge in [0.2, 0.25) is 0 Å². The second-order valence-electron chi connectivity index (χ2n) is 6.08. The predicted molar refractivity (Wildman–Crippen MR) is 105 cm³/mol. The molecule has 2 aromatic rings. The minimum Gasteiger partial charge on any atom is -0.289 e. The Morgan fingerprint density at radius 1 is 0.741 bits per heavy atom. The van der Waals surface area contributed by atoms with E-state index in [2.05, 4.69) is 20.1 Å². The molecule has 0 N–H and O–H groups in total. The minimum absolute atomic E-state index is 0.0551. The molecule has 7 heteroatoms. The molecule has 0 atom stereocenters. The van der Waals surface area contributed by atoms with Crippen LogP contribution in [-0.2, 0) is 4.79 Å². The summed E-state index contributed by atoms with van der Waals surface area (Å²) >= 11 is 0. The van der Waals surface area contributed by atoms with Crippen molar-refractivity contribution in [1.82, 2.24) is 0 Å². The maximum atomic E-state index is 12.8. The van der Waals surface area contributed by atoms with Crippen molar-refractivity contribution >= 4 is 29.3 Å². The summed E-state index contributed by atoms with van der Waals surface area (Å²) in [5.74, 6) is 0.0551. The van der Waals surface area contributed by atoms with Gasteiger partial charge in [0.25, 0.3) is 0 Å². The first-order valence-corrected chi connectivity index (χ1v) is 8.46. The lowest BCUT2D eigenvalue weighted by Crippen LogP contribution is -2.12. The Hall–Kier alpha value is -3.79. The molecule has 132 valence electrons. The van der Waals surface area contributed by atoms with Gasteiger partial charge in [0.15, 0.2) is 5.78 Å². The molecule has 0 saturated heterocycles. The van der Waals surface area contributed by atoms with Gasteiger partial charge in [-0.05, 0) is 53.6 Å². The molecule has 2 aromatic carbocycles. The molecule has 0 bridgehead atoms. The van der Waals surface area contributed by atoms with E-state index in [1.54, 1.807) is 24.3 Å². The highest BCUT2D eigenvalue weighted by Crippen LogP contribution is 2.28. The molecular weight excluding hydrogens is 340 g/mol. The summed E-state index contributed by atoms with van der Waals surface area (Å²) in [6.07, 6.45) is 6.17. The average Bonchev–Trinajstić information content (AvgIpc) is 2.68. The molecule has 1 fully saturated rings. The number of carbonyl (C=O) groups excluding carboxylic acids is 1. The summed E-state index contributed by atoms with van der Waals surface area (Å²) in [4.78, 5) is 18.3. The van der Waals surface area contributed by atoms with E-state index in [0.29, 0.717) is 11.4 Å². The summed E-state index contributed by atoms with van der Waals surface area (Å²) in [5, 5.41) is 7.09. The van der Waals surface area contributed by atoms with Crippen LogP contribution in [0.15, 0.2) is 69.9 Å². The molecule has 27 heavy (non-hydrogen) atoms. The Morgan fingerprint density at radius 2 is 1.15 bits per heavy atom. The minimum atomic E-state index is 0.0551. The van der Waals surface area contributed by atoms with E-state index in [9.17, 15) is 4.79 Å². The Kier molecular flexibility index (Phi) is 5.70. The van der Waals surface area contributed by atoms with Crippen molar-refractivity contribution in [1.29, 1.82) is 0 Å². The van der Waals surface area contributed by atoms with Crippen LogP contribution in [0.1, 0.15) is 30.4 Å². The molecule has 0 amide bonds. The maximum Gasteiger partial charge on any atom is 0.185 e. The van der Waals surface area contributed by atoms with Crippen LogP contribution >= 0.6 is 0 Å². The van der Waals surface area contributed by atoms with Crippen molar-refractivity contribution in [2.75, 3.05) is 0 Å². The third-order valence-electron chi connectivity index (χ3n) is 4.26. The van der Waals surface area contributed by atoms with Crippen molar-refractivity contribution in [3.8, 4) is 0 Å². The quantitative estimate of drug-likeness (QED) is 0.255. The van der Waals surface area contributed by atoms with Crippen LogP contribution in [-0.4, -0.2) is 5.78 Å². The number of Topliss-reactive ketones (excluding diaryl/α,β-unsaturated/α-hetero) is 1. The average molecular weight is 356 g/mol. The van der Waals surface area contributed by atoms with Crippen molar-refractivity contribution in [2.45, 2.75) is 19.3 Å². The first-order valence-electron chi connectivity index (χ1n) is 8.46. The normalized spacial score (nSPS) is 16.7. The van der Waals surface area contributed by atoms with Gasteiger partial charge in [-0.2, -0.15) is 0 Å². The zero-order chi connectivity index (χ0) is 19.1. The van der Waals surface area contributed by atoms with Crippen molar-refractivity contribution in [2.24, 2.45) is 10.2 Å². The van der Waals surface area contributed by atoms with Gasteiger partial charge >= 0.3 is 0 Å². The SMILES string of the molecule is [N-]=[N+]=Nc1ccc(/C=C2/CCC/C(=C\c3ccc(N=[N+]=[N-])cc3)C2=O)cc1. The highest BCUT2D eigenvalue weighted by Gasteiger charge is 2.20. The summed E-state index contributed by atoms with van der Waals surface area (Å²) in [5.41, 5.74) is 21.3. The number of azide groups is 2. The molecule has 0 heterocycles. The highest BCUT2D eigenvalue weighted by molar-refractivity contribution is 6.13. The fourth-order valence-electron chi connectivity index (χ4n) is 2.96. The van der Waals surface area contributed by atoms with Gasteiger partial charge in [-0.1, -0.05) is 58.8 Å². The maximum absolute atomic E-state index is 12.8. The molecule has 0 spiro atoms. The van der Waals surface area contributed by atoms with Crippen LogP contribution < -0.4 is 0 Å². The lowest BCUT2D eigenvalue weighted by molar-refractivity contribution is -0.112. The van der Waals surface area contributed by atoms with Gasteiger partial charge in [-0.15, -0.1) is 0 Å². The van der Waals surface area contributed by atoms with E-state index in [0.717, 1.165) is 41.5 Å². The summed E-state index contributed by atoms with van der Waals surface area (Å²) in [7, 11) is 0. The number of rotatable bonds is 4. The fraction of sp³-hybridized carbons (Fsp3) is 0.150. The summed E-state index contributed by atoms with van der Waals surface area (Å²) < 4.78 is 0. The Bertz CT molecular complexity index is 924. The van der Waals surface area contributed by atoms with E-state index < -0.39 is 0 Å². The fourth-order valence-corrected chi connectivity index (χ4v) is 2.96. The second kappa shape index (κ2) is 8.54. The van der Waals surface area contributed by atoms with Gasteiger partial charge in [-0.25, -0.2) is 0 Å². The van der Waals surface area contributed by atoms with E-state index >= 15 is 0 Å². The highest BCUT2D eigenvalue weighted by atomic mass is 16.1. The number of benzene rings is 2. The molecule has 1 aliphatic rings. The van der Waals surface area contributed by atoms with Crippen LogP contribution in [0, 0.1) is 0 Å². The largest absolute Gasteiger partial charge is 0.289 e. The zero-order valence-corrected chi connectivity index (χ0v) is 14.5. The van der Waals surface area contributed by atoms with Gasteiger partial charge < -0.3 is 0 Å². The van der Waals surface area contributed by atoms with Crippen LogP contribution in [0.3, 0.4) is 0 Å². The molecule has 1 aliphatic carbocycles. The predicted octanol–water partition coefficient (Wildman–Crippen LogP) is 6.79. The van der Waals surface area contributed by atoms with Gasteiger partial charge in [0.05, 0.1) is 0 Å². The van der Waals surface area contributed by atoms with Crippen LogP contribution in [0.5, 0.6) is 0 Å². The number of allylic oxidation sites excluding steroid dienone is 2. The number of carbonyl (C=O) groups is 1. The molecule has 0 aromatic heterocycles. The van der Waals surface area contributed by atoms with E-state index in [1.165, 1.54) is 0 Å². The van der Waals surface area contributed by atoms with Crippen molar-refractivity contribution < 1.29 is 4.79 Å². The number of nitrogens with zero attached hydrogens (tertiary/aromatic N) is 6. The molecule has 7 nitrogen and oxygen atoms in total. The number of hydrogen-bond acceptors (Lipinski definition) is 3. The van der Waals surface area contributed by atoms with E-state index in [4.69, 9.17) is 11.1 Å². The van der Waals surface area contributed by atoms with E-state index in [1.807, 2.05) is 36.4 Å². The molecule has 3 rings (SSSR count). The number of ketones is 1. The first kappa shape index (κ1) is 18.0. The smallest absolute Gasteiger partial charge is 0.185 e. The Morgan fingerprint density at radius 3 is 1.52 bits per heavy atom. The molecule has 1 saturated carbocycles. The monoisotopic (exact) mass is 356 g/mol. The van der Waals surface area contributed by atoms with Crippen LogP contribution in [0.4, 0.5) is 11.4 Å². The van der Waals surface area contributed by atoms with Crippen LogP contribution in [0.2, 0.25) is 0 Å². The van der Waals surface area contributed by atoms with Crippen LogP contribution in [0.25, 0.3) is 33.0 Å². The molecular formula is C20H16N6O. The van der Waals surface area contributed by atoms with Crippen molar-refractivity contribution in [3.63, 3.8) is 0 Å². The third kappa shape index (κ3) is 4.64. The Balaban J connectivity index is 1.82. The lowest BCUT2D eigenvalue weighted by atomic mass is 9.87. The van der Waals surface area contributed by atoms with Crippen molar-refractivity contribution in [3.05, 3.63) is 91.7 Å². The van der Waals surface area contributed by atoms with Gasteiger partial charge in [-0.3, -0.25) is 4.79 Å². The Labute approximate surface area is 155 Å². The topological polar surface area (TPSA) is 115 Å². The zero-order valence-electron chi connectivity index (χ0n) is 14.5. The molecule has 0 aliphatic heterocycles. The van der Waals surface area contributed by atoms with Gasteiger partial charge in [0, 0.05) is 32.3 Å². The first-order chi connectivity index (χ1) is 13.2. The second-order valence-corrected chi connectivity index (χ2v) is 6.08. The summed E-state index contributed by atoms with van der Waals surface area (Å²) in [6, 6.07) is 14.2. The third-order valence-corrected chi connectivity index (χ3v) is 4.26.